The minimum Gasteiger partial charge on any atom is -0.325 e. The molecule has 1 aromatic heterocycles. The van der Waals surface area contributed by atoms with Crippen LogP contribution in [-0.4, -0.2) is 27.1 Å². The van der Waals surface area contributed by atoms with Crippen LogP contribution >= 0.6 is 11.8 Å². The highest BCUT2D eigenvalue weighted by molar-refractivity contribution is 7.99. The second-order valence-electron chi connectivity index (χ2n) is 5.14. The molecule has 0 aliphatic heterocycles. The fourth-order valence-corrected chi connectivity index (χ4v) is 2.50. The highest BCUT2D eigenvalue weighted by Gasteiger charge is 2.14. The SMILES string of the molecule is CC(C)C[C@@H](N)C(=O)Nc1ccc(Sc2ncn[nH]2)cc1. The van der Waals surface area contributed by atoms with E-state index < -0.39 is 6.04 Å². The summed E-state index contributed by atoms with van der Waals surface area (Å²) in [7, 11) is 0. The molecular formula is C14H19N5OS. The minimum atomic E-state index is -0.478. The summed E-state index contributed by atoms with van der Waals surface area (Å²) in [5.41, 5.74) is 6.59. The number of amides is 1. The molecule has 0 aliphatic carbocycles. The van der Waals surface area contributed by atoms with Crippen molar-refractivity contribution in [3.8, 4) is 0 Å². The lowest BCUT2D eigenvalue weighted by molar-refractivity contribution is -0.117. The first kappa shape index (κ1) is 15.5. The smallest absolute Gasteiger partial charge is 0.241 e. The number of aromatic amines is 1. The van der Waals surface area contributed by atoms with Crippen molar-refractivity contribution in [3.63, 3.8) is 0 Å². The maximum Gasteiger partial charge on any atom is 0.241 e. The van der Waals surface area contributed by atoms with Gasteiger partial charge in [-0.15, -0.1) is 0 Å². The lowest BCUT2D eigenvalue weighted by atomic mass is 10.0. The van der Waals surface area contributed by atoms with Gasteiger partial charge in [0.1, 0.15) is 6.33 Å². The Morgan fingerprint density at radius 3 is 2.67 bits per heavy atom. The largest absolute Gasteiger partial charge is 0.325 e. The summed E-state index contributed by atoms with van der Waals surface area (Å²) in [6, 6.07) is 7.04. The molecule has 1 aromatic carbocycles. The van der Waals surface area contributed by atoms with Gasteiger partial charge in [0, 0.05) is 10.6 Å². The van der Waals surface area contributed by atoms with Crippen molar-refractivity contribution in [2.24, 2.45) is 11.7 Å². The molecule has 0 saturated heterocycles. The van der Waals surface area contributed by atoms with Crippen LogP contribution in [0, 0.1) is 5.92 Å². The van der Waals surface area contributed by atoms with E-state index >= 15 is 0 Å². The Labute approximate surface area is 127 Å². The lowest BCUT2D eigenvalue weighted by Gasteiger charge is -2.14. The van der Waals surface area contributed by atoms with Crippen LogP contribution in [0.5, 0.6) is 0 Å². The van der Waals surface area contributed by atoms with E-state index in [9.17, 15) is 4.79 Å². The summed E-state index contributed by atoms with van der Waals surface area (Å²) in [4.78, 5) is 17.0. The molecule has 7 heteroatoms. The quantitative estimate of drug-likeness (QED) is 0.760. The first-order valence-electron chi connectivity index (χ1n) is 6.74. The third-order valence-electron chi connectivity index (χ3n) is 2.79. The standard InChI is InChI=1S/C14H19N5OS/c1-9(2)7-12(15)13(20)18-10-3-5-11(6-4-10)21-14-16-8-17-19-14/h3-6,8-9,12H,7,15H2,1-2H3,(H,18,20)(H,16,17,19)/t12-/m1/s1. The van der Waals surface area contributed by atoms with Gasteiger partial charge in [0.05, 0.1) is 6.04 Å². The summed E-state index contributed by atoms with van der Waals surface area (Å²) < 4.78 is 0. The minimum absolute atomic E-state index is 0.153. The number of nitrogens with two attached hydrogens (primary N) is 1. The predicted octanol–water partition coefficient (Wildman–Crippen LogP) is 2.27. The van der Waals surface area contributed by atoms with Crippen LogP contribution < -0.4 is 11.1 Å². The van der Waals surface area contributed by atoms with Gasteiger partial charge in [0.15, 0.2) is 5.16 Å². The third kappa shape index (κ3) is 4.87. The van der Waals surface area contributed by atoms with E-state index in [1.165, 1.54) is 18.1 Å². The Balaban J connectivity index is 1.91. The summed E-state index contributed by atoms with van der Waals surface area (Å²) in [6.45, 7) is 4.09. The van der Waals surface area contributed by atoms with Gasteiger partial charge in [0.25, 0.3) is 0 Å². The number of nitrogens with zero attached hydrogens (tertiary/aromatic N) is 2. The summed E-state index contributed by atoms with van der Waals surface area (Å²) in [5.74, 6) is 0.241. The van der Waals surface area contributed by atoms with Crippen molar-refractivity contribution in [1.82, 2.24) is 15.2 Å². The summed E-state index contributed by atoms with van der Waals surface area (Å²) >= 11 is 1.47. The van der Waals surface area contributed by atoms with Gasteiger partial charge in [-0.1, -0.05) is 25.6 Å². The van der Waals surface area contributed by atoms with Gasteiger partial charge in [-0.25, -0.2) is 4.98 Å². The number of carbonyl (C=O) groups is 1. The van der Waals surface area contributed by atoms with Crippen molar-refractivity contribution in [1.29, 1.82) is 0 Å². The summed E-state index contributed by atoms with van der Waals surface area (Å²) in [5, 5.41) is 10.1. The zero-order chi connectivity index (χ0) is 15.2. The van der Waals surface area contributed by atoms with Crippen molar-refractivity contribution in [3.05, 3.63) is 30.6 Å². The molecule has 1 heterocycles. The molecule has 6 nitrogen and oxygen atoms in total. The van der Waals surface area contributed by atoms with Gasteiger partial charge in [-0.2, -0.15) is 5.10 Å². The molecule has 2 aromatic rings. The van der Waals surface area contributed by atoms with Crippen LogP contribution in [0.15, 0.2) is 40.6 Å². The van der Waals surface area contributed by atoms with E-state index in [2.05, 4.69) is 20.5 Å². The maximum atomic E-state index is 11.9. The molecule has 0 unspecified atom stereocenters. The van der Waals surface area contributed by atoms with Gasteiger partial charge < -0.3 is 11.1 Å². The highest BCUT2D eigenvalue weighted by atomic mass is 32.2. The van der Waals surface area contributed by atoms with Gasteiger partial charge in [-0.05, 0) is 36.6 Å². The number of benzene rings is 1. The molecule has 0 spiro atoms. The second-order valence-corrected chi connectivity index (χ2v) is 6.20. The number of rotatable bonds is 6. The second kappa shape index (κ2) is 7.24. The van der Waals surface area contributed by atoms with E-state index in [-0.39, 0.29) is 5.91 Å². The van der Waals surface area contributed by atoms with Crippen LogP contribution in [0.1, 0.15) is 20.3 Å². The Bertz CT molecular complexity index is 568. The van der Waals surface area contributed by atoms with E-state index in [4.69, 9.17) is 5.73 Å². The maximum absolute atomic E-state index is 11.9. The van der Waals surface area contributed by atoms with Crippen LogP contribution in [0.4, 0.5) is 5.69 Å². The van der Waals surface area contributed by atoms with Gasteiger partial charge in [0.2, 0.25) is 5.91 Å². The van der Waals surface area contributed by atoms with Crippen LogP contribution in [0.25, 0.3) is 0 Å². The molecule has 0 saturated carbocycles. The molecule has 0 aliphatic rings. The number of carbonyl (C=O) groups excluding carboxylic acids is 1. The normalized spacial score (nSPS) is 12.4. The number of H-pyrrole nitrogens is 1. The third-order valence-corrected chi connectivity index (χ3v) is 3.69. The van der Waals surface area contributed by atoms with E-state index in [1.54, 1.807) is 0 Å². The molecule has 4 N–H and O–H groups in total. The zero-order valence-corrected chi connectivity index (χ0v) is 12.9. The highest BCUT2D eigenvalue weighted by Crippen LogP contribution is 2.25. The van der Waals surface area contributed by atoms with Crippen LogP contribution in [0.2, 0.25) is 0 Å². The molecule has 1 atom stereocenters. The van der Waals surface area contributed by atoms with Crippen molar-refractivity contribution in [2.45, 2.75) is 36.4 Å². The van der Waals surface area contributed by atoms with Gasteiger partial charge >= 0.3 is 0 Å². The molecule has 21 heavy (non-hydrogen) atoms. The average molecular weight is 305 g/mol. The first-order valence-corrected chi connectivity index (χ1v) is 7.56. The Kier molecular flexibility index (Phi) is 5.35. The number of anilines is 1. The molecule has 0 bridgehead atoms. The Hall–Kier alpha value is -1.86. The van der Waals surface area contributed by atoms with E-state index in [0.29, 0.717) is 12.3 Å². The number of hydrogen-bond donors (Lipinski definition) is 3. The van der Waals surface area contributed by atoms with Crippen molar-refractivity contribution < 1.29 is 4.79 Å². The zero-order valence-electron chi connectivity index (χ0n) is 12.0. The monoisotopic (exact) mass is 305 g/mol. The molecule has 112 valence electrons. The number of hydrogen-bond acceptors (Lipinski definition) is 5. The fraction of sp³-hybridized carbons (Fsp3) is 0.357. The van der Waals surface area contributed by atoms with Crippen molar-refractivity contribution >= 4 is 23.4 Å². The van der Waals surface area contributed by atoms with E-state index in [1.807, 2.05) is 38.1 Å². The number of nitrogens with one attached hydrogen (secondary N) is 2. The topological polar surface area (TPSA) is 96.7 Å². The van der Waals surface area contributed by atoms with Crippen molar-refractivity contribution in [2.75, 3.05) is 5.32 Å². The molecule has 1 amide bonds. The van der Waals surface area contributed by atoms with E-state index in [0.717, 1.165) is 15.7 Å². The Morgan fingerprint density at radius 2 is 2.10 bits per heavy atom. The van der Waals surface area contributed by atoms with Crippen LogP contribution in [0.3, 0.4) is 0 Å². The molecule has 0 fully saturated rings. The first-order chi connectivity index (χ1) is 10.0. The fourth-order valence-electron chi connectivity index (χ4n) is 1.81. The lowest BCUT2D eigenvalue weighted by Crippen LogP contribution is -2.36. The van der Waals surface area contributed by atoms with Gasteiger partial charge in [-0.3, -0.25) is 9.89 Å². The predicted molar refractivity (Wildman–Crippen MR) is 83.0 cm³/mol. The molecular weight excluding hydrogens is 286 g/mol. The molecule has 0 radical (unpaired) electrons. The average Bonchev–Trinajstić information content (AvgIpc) is 2.93. The number of aromatic nitrogens is 3. The molecule has 2 rings (SSSR count). The Morgan fingerprint density at radius 1 is 1.38 bits per heavy atom. The van der Waals surface area contributed by atoms with Crippen LogP contribution in [-0.2, 0) is 4.79 Å². The summed E-state index contributed by atoms with van der Waals surface area (Å²) in [6.07, 6.45) is 2.14.